The van der Waals surface area contributed by atoms with Gasteiger partial charge in [-0.3, -0.25) is 23.1 Å². The van der Waals surface area contributed by atoms with Crippen LogP contribution >= 0.6 is 0 Å². The number of aryl methyl sites for hydroxylation is 3. The van der Waals surface area contributed by atoms with E-state index in [2.05, 4.69) is 20.8 Å². The number of rotatable bonds is 15. The Morgan fingerprint density at radius 2 is 1.13 bits per heavy atom. The Hall–Kier alpha value is -7.53. The van der Waals surface area contributed by atoms with Crippen LogP contribution in [0.1, 0.15) is 57.9 Å². The normalized spacial score (nSPS) is 18.6. The van der Waals surface area contributed by atoms with Gasteiger partial charge in [0.15, 0.2) is 23.0 Å². The van der Waals surface area contributed by atoms with Gasteiger partial charge in [-0.25, -0.2) is 9.97 Å². The van der Waals surface area contributed by atoms with Crippen molar-refractivity contribution in [2.24, 2.45) is 25.9 Å². The quantitative estimate of drug-likeness (QED) is 0.0856. The Kier molecular flexibility index (Phi) is 17.8. The predicted molar refractivity (Wildman–Crippen MR) is 293 cm³/mol. The van der Waals surface area contributed by atoms with Gasteiger partial charge in [0, 0.05) is 101 Å². The zero-order chi connectivity index (χ0) is 55.8. The number of carbonyl (C=O) groups excluding carboxylic acids is 2. The molecule has 4 saturated heterocycles. The molecule has 22 heteroatoms. The summed E-state index contributed by atoms with van der Waals surface area (Å²) in [5.41, 5.74) is 5.60. The molecule has 3 N–H and O–H groups in total. The fraction of sp³-hybridized carbons (Fsp3) is 0.439. The second kappa shape index (κ2) is 25.1. The van der Waals surface area contributed by atoms with Crippen LogP contribution in [0.5, 0.6) is 34.8 Å². The Bertz CT molecular complexity index is 3380. The highest BCUT2D eigenvalue weighted by molar-refractivity contribution is 7.86. The van der Waals surface area contributed by atoms with Crippen molar-refractivity contribution in [2.45, 2.75) is 88.6 Å². The van der Waals surface area contributed by atoms with E-state index in [1.165, 1.54) is 7.11 Å². The van der Waals surface area contributed by atoms with E-state index in [9.17, 15) is 23.1 Å². The Balaban J connectivity index is 0.000000152. The number of aromatic hydroxyl groups is 1. The lowest BCUT2D eigenvalue weighted by Gasteiger charge is -2.24. The van der Waals surface area contributed by atoms with E-state index in [4.69, 9.17) is 47.3 Å². The van der Waals surface area contributed by atoms with Gasteiger partial charge in [0.1, 0.15) is 18.3 Å². The topological polar surface area (TPSA) is 248 Å². The highest BCUT2D eigenvalue weighted by Crippen LogP contribution is 2.38. The molecule has 3 aromatic carbocycles. The number of hydrogen-bond donors (Lipinski definition) is 3. The molecule has 4 atom stereocenters. The number of amides is 2. The number of pyridine rings is 2. The van der Waals surface area contributed by atoms with Crippen LogP contribution in [-0.2, 0) is 47.5 Å². The van der Waals surface area contributed by atoms with Gasteiger partial charge in [-0.05, 0) is 94.3 Å². The number of nitrogens with one attached hydrogen (secondary N) is 2. The van der Waals surface area contributed by atoms with Crippen molar-refractivity contribution in [3.63, 3.8) is 0 Å². The van der Waals surface area contributed by atoms with E-state index in [-0.39, 0.29) is 58.7 Å². The molecule has 4 aromatic heterocycles. The van der Waals surface area contributed by atoms with E-state index >= 15 is 0 Å². The van der Waals surface area contributed by atoms with E-state index in [1.807, 2.05) is 77.6 Å². The van der Waals surface area contributed by atoms with Crippen LogP contribution in [-0.4, -0.2) is 133 Å². The lowest BCUT2D eigenvalue weighted by molar-refractivity contribution is -0.120. The maximum absolute atomic E-state index is 11.9. The molecule has 0 spiro atoms. The summed E-state index contributed by atoms with van der Waals surface area (Å²) in [6, 6.07) is 21.4. The Labute approximate surface area is 458 Å². The molecule has 11 rings (SSSR count). The lowest BCUT2D eigenvalue weighted by atomic mass is 10.0. The standard InChI is InChI=1S/C25H30N4O5.C20H22N4O4.C12H16O4S/c1-15(17-11-24(30)26-13-17)33-25-19-14-29(2)28-21(19)12-20(27-25)16-4-5-22(23(10-16)31-3)34-18-6-8-32-9-7-18;1-11(13-7-19(26)21-9-13)28-20-14-10-24(2)23-16(14)8-15(22-20)12-4-5-17(25)18(6-12)27-3;1-10-2-4-12(5-3-10)17(13,14)16-11-6-8-15-9-7-11/h4-5,10,12,14-15,17-18H,6-9,11,13H2,1-3H3,(H,26,30);4-6,8,10-11,13,25H,7,9H2,1-3H3,(H,21,26);2-5,11H,6-9H2,1H3/t15-,17-;11-,13-;/m11./s1. The Morgan fingerprint density at radius 3 is 1.61 bits per heavy atom. The molecule has 0 radical (unpaired) electrons. The zero-order valence-corrected chi connectivity index (χ0v) is 46.3. The maximum atomic E-state index is 11.9. The molecule has 8 heterocycles. The number of aromatic nitrogens is 6. The van der Waals surface area contributed by atoms with Gasteiger partial charge in [-0.2, -0.15) is 18.6 Å². The number of phenolic OH excluding ortho intramolecular Hbond substituents is 1. The van der Waals surface area contributed by atoms with Crippen LogP contribution in [0.15, 0.2) is 90.1 Å². The summed E-state index contributed by atoms with van der Waals surface area (Å²) in [7, 11) is 3.22. The molecule has 7 aromatic rings. The number of carbonyl (C=O) groups is 2. The van der Waals surface area contributed by atoms with Crippen molar-refractivity contribution in [3.05, 3.63) is 90.8 Å². The molecule has 21 nitrogen and oxygen atoms in total. The third-order valence-corrected chi connectivity index (χ3v) is 15.6. The first kappa shape index (κ1) is 56.2. The van der Waals surface area contributed by atoms with E-state index in [0.717, 1.165) is 57.0 Å². The molecule has 4 fully saturated rings. The smallest absolute Gasteiger partial charge is 0.297 e. The van der Waals surface area contributed by atoms with Gasteiger partial charge < -0.3 is 48.9 Å². The van der Waals surface area contributed by atoms with Crippen molar-refractivity contribution in [2.75, 3.05) is 53.7 Å². The molecule has 79 heavy (non-hydrogen) atoms. The number of methoxy groups -OCH3 is 2. The summed E-state index contributed by atoms with van der Waals surface area (Å²) in [6.07, 6.45) is 7.18. The predicted octanol–water partition coefficient (Wildman–Crippen LogP) is 7.24. The van der Waals surface area contributed by atoms with E-state index < -0.39 is 10.1 Å². The average molecular weight is 1110 g/mol. The maximum Gasteiger partial charge on any atom is 0.297 e. The van der Waals surface area contributed by atoms with E-state index in [0.29, 0.717) is 99.9 Å². The van der Waals surface area contributed by atoms with Crippen LogP contribution < -0.4 is 34.3 Å². The van der Waals surface area contributed by atoms with Crippen LogP contribution in [0.4, 0.5) is 0 Å². The van der Waals surface area contributed by atoms with Crippen molar-refractivity contribution in [1.29, 1.82) is 0 Å². The van der Waals surface area contributed by atoms with Crippen molar-refractivity contribution in [3.8, 4) is 57.3 Å². The SMILES string of the molecule is COc1cc(-c2cc3nn(C)cc3c(O[C@H](C)[C@H]3CNC(=O)C3)n2)ccc1O.COc1cc(-c2cc3nn(C)cc3c(O[C@H](C)[C@H]3CNC(=O)C3)n2)ccc1OC1CCOCC1.Cc1ccc(S(=O)(=O)OC2CCOCC2)cc1. The second-order valence-electron chi connectivity index (χ2n) is 20.1. The van der Waals surface area contributed by atoms with Crippen LogP contribution in [0.3, 0.4) is 0 Å². The number of hydrogen-bond acceptors (Lipinski definition) is 17. The van der Waals surface area contributed by atoms with Crippen LogP contribution in [0.25, 0.3) is 44.3 Å². The second-order valence-corrected chi connectivity index (χ2v) is 21.7. The molecule has 2 amide bonds. The average Bonchev–Trinajstić information content (AvgIpc) is 4.38. The van der Waals surface area contributed by atoms with Gasteiger partial charge in [0.2, 0.25) is 23.6 Å². The van der Waals surface area contributed by atoms with Gasteiger partial charge in [0.05, 0.1) is 71.6 Å². The summed E-state index contributed by atoms with van der Waals surface area (Å²) in [4.78, 5) is 32.9. The minimum Gasteiger partial charge on any atom is -0.504 e. The van der Waals surface area contributed by atoms with Crippen LogP contribution in [0, 0.1) is 18.8 Å². The van der Waals surface area contributed by atoms with Gasteiger partial charge in [-0.1, -0.05) is 17.7 Å². The number of nitrogens with zero attached hydrogens (tertiary/aromatic N) is 6. The van der Waals surface area contributed by atoms with Crippen molar-refractivity contribution >= 4 is 43.7 Å². The fourth-order valence-electron chi connectivity index (χ4n) is 9.60. The first-order valence-electron chi connectivity index (χ1n) is 26.5. The highest BCUT2D eigenvalue weighted by Gasteiger charge is 2.31. The zero-order valence-electron chi connectivity index (χ0n) is 45.5. The first-order chi connectivity index (χ1) is 38.0. The molecule has 4 aliphatic rings. The fourth-order valence-corrected chi connectivity index (χ4v) is 10.7. The minimum atomic E-state index is -3.63. The molecule has 0 bridgehead atoms. The number of fused-ring (bicyclic) bond motifs is 2. The minimum absolute atomic E-state index is 0.0462. The number of ether oxygens (including phenoxy) is 7. The van der Waals surface area contributed by atoms with Crippen molar-refractivity contribution < 1.29 is 60.5 Å². The summed E-state index contributed by atoms with van der Waals surface area (Å²) >= 11 is 0. The van der Waals surface area contributed by atoms with Gasteiger partial charge in [-0.15, -0.1) is 0 Å². The van der Waals surface area contributed by atoms with Crippen LogP contribution in [0.2, 0.25) is 0 Å². The molecule has 0 aliphatic carbocycles. The molecular weight excluding hydrogens is 1040 g/mol. The molecule has 0 saturated carbocycles. The Morgan fingerprint density at radius 1 is 0.646 bits per heavy atom. The molecule has 420 valence electrons. The lowest BCUT2D eigenvalue weighted by Crippen LogP contribution is -2.26. The molecular formula is C57H68N8O13S. The summed E-state index contributed by atoms with van der Waals surface area (Å²) < 4.78 is 72.6. The van der Waals surface area contributed by atoms with Gasteiger partial charge >= 0.3 is 0 Å². The van der Waals surface area contributed by atoms with E-state index in [1.54, 1.807) is 58.9 Å². The number of phenols is 1. The summed E-state index contributed by atoms with van der Waals surface area (Å²) in [5, 5.41) is 26.3. The highest BCUT2D eigenvalue weighted by atomic mass is 32.2. The molecule has 0 unspecified atom stereocenters. The largest absolute Gasteiger partial charge is 0.504 e. The summed E-state index contributed by atoms with van der Waals surface area (Å²) in [5.74, 6) is 3.08. The monoisotopic (exact) mass is 1100 g/mol. The van der Waals surface area contributed by atoms with Gasteiger partial charge in [0.25, 0.3) is 10.1 Å². The third-order valence-electron chi connectivity index (χ3n) is 14.2. The molecule has 4 aliphatic heterocycles. The van der Waals surface area contributed by atoms with Crippen molar-refractivity contribution in [1.82, 2.24) is 40.2 Å². The first-order valence-corrected chi connectivity index (χ1v) is 27.9. The number of benzene rings is 3. The third kappa shape index (κ3) is 14.0. The summed E-state index contributed by atoms with van der Waals surface area (Å²) in [6.45, 7) is 9.61.